The number of fused-ring (bicyclic) bond motifs is 1. The van der Waals surface area contributed by atoms with Gasteiger partial charge in [0.1, 0.15) is 0 Å². The Morgan fingerprint density at radius 2 is 1.94 bits per heavy atom. The van der Waals surface area contributed by atoms with Crippen molar-refractivity contribution in [3.63, 3.8) is 0 Å². The molecule has 0 radical (unpaired) electrons. The molecule has 8 heteroatoms. The Kier molecular flexibility index (Phi) is 6.69. The molecule has 31 heavy (non-hydrogen) atoms. The highest BCUT2D eigenvalue weighted by Gasteiger charge is 2.31. The molecule has 1 heterocycles. The molecule has 0 spiro atoms. The van der Waals surface area contributed by atoms with Crippen LogP contribution in [0.3, 0.4) is 0 Å². The van der Waals surface area contributed by atoms with E-state index >= 15 is 0 Å². The van der Waals surface area contributed by atoms with Crippen molar-refractivity contribution in [2.75, 3.05) is 32.6 Å². The molecule has 0 N–H and O–H groups in total. The number of ether oxygens (including phenoxy) is 2. The predicted molar refractivity (Wildman–Crippen MR) is 120 cm³/mol. The lowest BCUT2D eigenvalue weighted by Gasteiger charge is -2.20. The summed E-state index contributed by atoms with van der Waals surface area (Å²) in [5.74, 6) is 0.626. The van der Waals surface area contributed by atoms with Crippen molar-refractivity contribution in [2.45, 2.75) is 20.0 Å². The molecule has 0 unspecified atom stereocenters. The van der Waals surface area contributed by atoms with E-state index in [0.717, 1.165) is 16.8 Å². The summed E-state index contributed by atoms with van der Waals surface area (Å²) >= 11 is 0. The zero-order chi connectivity index (χ0) is 22.5. The topological polar surface area (TPSA) is 83.8 Å². The Morgan fingerprint density at radius 1 is 1.19 bits per heavy atom. The van der Waals surface area contributed by atoms with Gasteiger partial charge in [0.05, 0.1) is 18.5 Å². The Labute approximate surface area is 181 Å². The zero-order valence-electron chi connectivity index (χ0n) is 18.3. The van der Waals surface area contributed by atoms with Gasteiger partial charge >= 0.3 is 0 Å². The summed E-state index contributed by atoms with van der Waals surface area (Å²) in [5.41, 5.74) is 2.59. The molecule has 2 aromatic rings. The van der Waals surface area contributed by atoms with Gasteiger partial charge in [-0.2, -0.15) is 5.10 Å². The van der Waals surface area contributed by atoms with Crippen LogP contribution in [0.15, 0.2) is 52.7 Å². The second kappa shape index (κ2) is 9.42. The van der Waals surface area contributed by atoms with E-state index in [9.17, 15) is 9.59 Å². The van der Waals surface area contributed by atoms with Crippen LogP contribution in [0.1, 0.15) is 25.0 Å². The second-order valence-corrected chi connectivity index (χ2v) is 7.21. The lowest BCUT2D eigenvalue weighted by atomic mass is 10.1. The van der Waals surface area contributed by atoms with Crippen LogP contribution < -0.4 is 14.4 Å². The average molecular weight is 422 g/mol. The van der Waals surface area contributed by atoms with E-state index in [1.165, 1.54) is 4.90 Å². The maximum atomic E-state index is 12.4. The van der Waals surface area contributed by atoms with Crippen molar-refractivity contribution in [3.8, 4) is 11.5 Å². The summed E-state index contributed by atoms with van der Waals surface area (Å²) in [5, 5.41) is 8.26. The molecule has 8 nitrogen and oxygen atoms in total. The van der Waals surface area contributed by atoms with E-state index in [2.05, 4.69) is 10.2 Å². The Bertz CT molecular complexity index is 1050. The third-order valence-corrected chi connectivity index (χ3v) is 4.75. The van der Waals surface area contributed by atoms with Crippen molar-refractivity contribution in [1.82, 2.24) is 4.90 Å². The molecule has 0 aromatic heterocycles. The minimum atomic E-state index is -0.648. The molecule has 0 fully saturated rings. The molecule has 2 aromatic carbocycles. The number of para-hydroxylation sites is 1. The van der Waals surface area contributed by atoms with Crippen molar-refractivity contribution in [2.24, 2.45) is 10.2 Å². The van der Waals surface area contributed by atoms with Crippen molar-refractivity contribution in [3.05, 3.63) is 53.6 Å². The lowest BCUT2D eigenvalue weighted by Crippen LogP contribution is -2.35. The Morgan fingerprint density at radius 3 is 2.65 bits per heavy atom. The molecule has 1 aliphatic rings. The van der Waals surface area contributed by atoms with Crippen LogP contribution in [-0.4, -0.2) is 62.5 Å². The van der Waals surface area contributed by atoms with Crippen LogP contribution in [0.4, 0.5) is 5.69 Å². The minimum absolute atomic E-state index is 0.143. The first kappa shape index (κ1) is 22.0. The summed E-state index contributed by atoms with van der Waals surface area (Å²) < 4.78 is 11.5. The van der Waals surface area contributed by atoms with Gasteiger partial charge in [-0.15, -0.1) is 5.10 Å². The fraction of sp³-hybridized carbons (Fsp3) is 0.304. The quantitative estimate of drug-likeness (QED) is 0.507. The first-order valence-corrected chi connectivity index (χ1v) is 9.96. The summed E-state index contributed by atoms with van der Waals surface area (Å²) in [4.78, 5) is 27.6. The third kappa shape index (κ3) is 4.74. The number of hydrogen-bond donors (Lipinski definition) is 0. The minimum Gasteiger partial charge on any atom is -0.490 e. The molecular weight excluding hydrogens is 396 g/mol. The normalized spacial score (nSPS) is 15.3. The van der Waals surface area contributed by atoms with Gasteiger partial charge in [-0.25, -0.2) is 0 Å². The number of anilines is 1. The largest absolute Gasteiger partial charge is 0.490 e. The van der Waals surface area contributed by atoms with Gasteiger partial charge in [0, 0.05) is 26.7 Å². The smallest absolute Gasteiger partial charge is 0.279 e. The highest BCUT2D eigenvalue weighted by molar-refractivity contribution is 6.54. The van der Waals surface area contributed by atoms with E-state index in [1.807, 2.05) is 31.2 Å². The highest BCUT2D eigenvalue weighted by Crippen LogP contribution is 2.30. The summed E-state index contributed by atoms with van der Waals surface area (Å²) in [6.07, 6.45) is 0.896. The van der Waals surface area contributed by atoms with Crippen LogP contribution in [0.25, 0.3) is 0 Å². The van der Waals surface area contributed by atoms with E-state index < -0.39 is 6.10 Å². The van der Waals surface area contributed by atoms with Gasteiger partial charge in [0.15, 0.2) is 23.3 Å². The molecule has 0 saturated heterocycles. The number of likely N-dealkylation sites (N-methyl/N-ethyl adjacent to an activating group) is 2. The van der Waals surface area contributed by atoms with Crippen molar-refractivity contribution >= 4 is 29.4 Å². The number of hydrogen-bond acceptors (Lipinski definition) is 6. The number of benzene rings is 2. The van der Waals surface area contributed by atoms with E-state index in [0.29, 0.717) is 23.8 Å². The van der Waals surface area contributed by atoms with Gasteiger partial charge in [-0.05, 0) is 43.7 Å². The van der Waals surface area contributed by atoms with Crippen molar-refractivity contribution in [1.29, 1.82) is 0 Å². The standard InChI is InChI=1S/C23H26N4O4/c1-6-30-20-13-16(11-12-19(20)31-15(2)22(28)26(3)4)14-24-25-21-17-9-7-8-10-18(17)27(5)23(21)29/h7-15H,6H2,1-5H3/b24-14-,25-21-/t15-/m0/s1. The number of carbonyl (C=O) groups is 2. The van der Waals surface area contributed by atoms with Crippen molar-refractivity contribution < 1.29 is 19.1 Å². The van der Waals surface area contributed by atoms with E-state index in [4.69, 9.17) is 9.47 Å². The molecule has 1 atom stereocenters. The predicted octanol–water partition coefficient (Wildman–Crippen LogP) is 2.74. The van der Waals surface area contributed by atoms with Crippen LogP contribution in [0, 0.1) is 0 Å². The van der Waals surface area contributed by atoms with Crippen LogP contribution in [0.2, 0.25) is 0 Å². The van der Waals surface area contributed by atoms with Gasteiger partial charge in [0.2, 0.25) is 0 Å². The van der Waals surface area contributed by atoms with Gasteiger partial charge in [-0.3, -0.25) is 9.59 Å². The molecule has 0 saturated carbocycles. The van der Waals surface area contributed by atoms with Crippen LogP contribution in [0.5, 0.6) is 11.5 Å². The monoisotopic (exact) mass is 422 g/mol. The fourth-order valence-electron chi connectivity index (χ4n) is 3.17. The number of rotatable bonds is 7. The Balaban J connectivity index is 1.82. The maximum absolute atomic E-state index is 12.4. The van der Waals surface area contributed by atoms with Gasteiger partial charge < -0.3 is 19.3 Å². The first-order valence-electron chi connectivity index (χ1n) is 9.96. The summed E-state index contributed by atoms with van der Waals surface area (Å²) in [6.45, 7) is 3.99. The first-order chi connectivity index (χ1) is 14.8. The molecule has 162 valence electrons. The summed E-state index contributed by atoms with van der Waals surface area (Å²) in [7, 11) is 5.07. The average Bonchev–Trinajstić information content (AvgIpc) is 3.00. The third-order valence-electron chi connectivity index (χ3n) is 4.75. The maximum Gasteiger partial charge on any atom is 0.279 e. The molecule has 1 aliphatic heterocycles. The molecule has 3 rings (SSSR count). The highest BCUT2D eigenvalue weighted by atomic mass is 16.5. The number of amides is 2. The number of carbonyl (C=O) groups excluding carboxylic acids is 2. The number of nitrogens with zero attached hydrogens (tertiary/aromatic N) is 4. The Hall–Kier alpha value is -3.68. The van der Waals surface area contributed by atoms with Gasteiger partial charge in [0.25, 0.3) is 11.8 Å². The fourth-order valence-corrected chi connectivity index (χ4v) is 3.17. The molecular formula is C23H26N4O4. The molecule has 2 amide bonds. The zero-order valence-corrected chi connectivity index (χ0v) is 18.3. The summed E-state index contributed by atoms with van der Waals surface area (Å²) in [6, 6.07) is 12.7. The SMILES string of the molecule is CCOc1cc(/C=N\N=C2/C(=O)N(C)c3ccccc32)ccc1O[C@@H](C)C(=O)N(C)C. The second-order valence-electron chi connectivity index (χ2n) is 7.21. The van der Waals surface area contributed by atoms with E-state index in [1.54, 1.807) is 57.4 Å². The van der Waals surface area contributed by atoms with Crippen LogP contribution >= 0.6 is 0 Å². The molecule has 0 aliphatic carbocycles. The lowest BCUT2D eigenvalue weighted by molar-refractivity contribution is -0.135. The molecule has 0 bridgehead atoms. The van der Waals surface area contributed by atoms with E-state index in [-0.39, 0.29) is 11.8 Å². The van der Waals surface area contributed by atoms with Gasteiger partial charge in [-0.1, -0.05) is 18.2 Å². The van der Waals surface area contributed by atoms with Crippen LogP contribution in [-0.2, 0) is 9.59 Å².